The maximum Gasteiger partial charge on any atom is 0.220 e. The first kappa shape index (κ1) is 18.4. The summed E-state index contributed by atoms with van der Waals surface area (Å²) in [6.07, 6.45) is 3.38. The van der Waals surface area contributed by atoms with Gasteiger partial charge in [-0.05, 0) is 44.1 Å². The highest BCUT2D eigenvalue weighted by molar-refractivity contribution is 5.75. The van der Waals surface area contributed by atoms with E-state index in [4.69, 9.17) is 10.5 Å². The summed E-state index contributed by atoms with van der Waals surface area (Å²) in [6.45, 7) is 11.5. The normalized spacial score (nSPS) is 13.3. The van der Waals surface area contributed by atoms with Crippen LogP contribution in [0.15, 0.2) is 0 Å². The molecule has 0 aliphatic rings. The van der Waals surface area contributed by atoms with Crippen molar-refractivity contribution >= 4 is 5.91 Å². The van der Waals surface area contributed by atoms with E-state index in [0.29, 0.717) is 32.0 Å². The zero-order valence-corrected chi connectivity index (χ0v) is 13.1. The summed E-state index contributed by atoms with van der Waals surface area (Å²) in [5.74, 6) is 0.648. The molecule has 0 spiro atoms. The quantitative estimate of drug-likeness (QED) is 0.600. The summed E-state index contributed by atoms with van der Waals surface area (Å²) in [7, 11) is 0. The first-order valence-corrected chi connectivity index (χ1v) is 7.46. The zero-order chi connectivity index (χ0) is 14.7. The molecule has 114 valence electrons. The Morgan fingerprint density at radius 2 is 2.00 bits per heavy atom. The first-order valence-electron chi connectivity index (χ1n) is 7.46. The lowest BCUT2D eigenvalue weighted by molar-refractivity contribution is -0.121. The molecule has 0 rings (SSSR count). The fraction of sp³-hybridized carbons (Fsp3) is 0.933. The first-order chi connectivity index (χ1) is 8.91. The van der Waals surface area contributed by atoms with Gasteiger partial charge in [0.1, 0.15) is 0 Å². The van der Waals surface area contributed by atoms with E-state index < -0.39 is 0 Å². The van der Waals surface area contributed by atoms with Crippen LogP contribution in [-0.2, 0) is 9.53 Å². The molecule has 0 aromatic carbocycles. The van der Waals surface area contributed by atoms with E-state index in [9.17, 15) is 4.79 Å². The lowest BCUT2D eigenvalue weighted by Gasteiger charge is -2.30. The molecular weight excluding hydrogens is 240 g/mol. The van der Waals surface area contributed by atoms with Crippen LogP contribution in [0.1, 0.15) is 53.4 Å². The largest absolute Gasteiger partial charge is 0.382 e. The molecule has 0 aromatic heterocycles. The van der Waals surface area contributed by atoms with Gasteiger partial charge in [-0.3, -0.25) is 4.79 Å². The van der Waals surface area contributed by atoms with Crippen LogP contribution in [0.2, 0.25) is 0 Å². The third kappa shape index (κ3) is 9.91. The molecule has 0 fully saturated rings. The molecule has 0 bridgehead atoms. The second kappa shape index (κ2) is 10.2. The minimum Gasteiger partial charge on any atom is -0.382 e. The Labute approximate surface area is 118 Å². The summed E-state index contributed by atoms with van der Waals surface area (Å²) in [5.41, 5.74) is 5.86. The van der Waals surface area contributed by atoms with Gasteiger partial charge in [0.15, 0.2) is 0 Å². The van der Waals surface area contributed by atoms with Crippen molar-refractivity contribution in [3.05, 3.63) is 0 Å². The van der Waals surface area contributed by atoms with Crippen molar-refractivity contribution < 1.29 is 9.53 Å². The summed E-state index contributed by atoms with van der Waals surface area (Å²) < 4.78 is 5.22. The zero-order valence-electron chi connectivity index (χ0n) is 13.1. The van der Waals surface area contributed by atoms with E-state index in [1.54, 1.807) is 0 Å². The fourth-order valence-corrected chi connectivity index (χ4v) is 2.15. The third-order valence-corrected chi connectivity index (χ3v) is 3.45. The molecule has 1 atom stereocenters. The minimum atomic E-state index is 0.141. The molecule has 19 heavy (non-hydrogen) atoms. The van der Waals surface area contributed by atoms with Crippen LogP contribution in [-0.4, -0.2) is 32.2 Å². The van der Waals surface area contributed by atoms with Gasteiger partial charge in [-0.1, -0.05) is 20.8 Å². The van der Waals surface area contributed by atoms with Crippen molar-refractivity contribution in [2.24, 2.45) is 17.1 Å². The fourth-order valence-electron chi connectivity index (χ4n) is 2.15. The van der Waals surface area contributed by atoms with Gasteiger partial charge in [-0.25, -0.2) is 0 Å². The number of rotatable bonds is 10. The van der Waals surface area contributed by atoms with Crippen molar-refractivity contribution in [3.8, 4) is 0 Å². The van der Waals surface area contributed by atoms with Gasteiger partial charge < -0.3 is 15.8 Å². The van der Waals surface area contributed by atoms with Crippen LogP contribution in [0, 0.1) is 11.3 Å². The molecule has 4 nitrogen and oxygen atoms in total. The predicted octanol–water partition coefficient (Wildman–Crippen LogP) is 2.32. The third-order valence-electron chi connectivity index (χ3n) is 3.45. The Balaban J connectivity index is 3.80. The van der Waals surface area contributed by atoms with Crippen molar-refractivity contribution in [1.82, 2.24) is 5.32 Å². The molecule has 0 saturated carbocycles. The minimum absolute atomic E-state index is 0.141. The van der Waals surface area contributed by atoms with Crippen LogP contribution in [0.5, 0.6) is 0 Å². The van der Waals surface area contributed by atoms with E-state index >= 15 is 0 Å². The number of amides is 1. The highest BCUT2D eigenvalue weighted by atomic mass is 16.5. The Kier molecular flexibility index (Phi) is 9.88. The highest BCUT2D eigenvalue weighted by Gasteiger charge is 2.24. The van der Waals surface area contributed by atoms with Gasteiger partial charge in [-0.2, -0.15) is 0 Å². The Hall–Kier alpha value is -0.610. The van der Waals surface area contributed by atoms with E-state index in [2.05, 4.69) is 26.1 Å². The number of hydrogen-bond acceptors (Lipinski definition) is 3. The number of ether oxygens (including phenoxy) is 1. The molecule has 1 unspecified atom stereocenters. The summed E-state index contributed by atoms with van der Waals surface area (Å²) >= 11 is 0. The molecule has 0 aliphatic carbocycles. The van der Waals surface area contributed by atoms with Crippen LogP contribution in [0.4, 0.5) is 0 Å². The van der Waals surface area contributed by atoms with Crippen molar-refractivity contribution in [3.63, 3.8) is 0 Å². The van der Waals surface area contributed by atoms with Gasteiger partial charge >= 0.3 is 0 Å². The van der Waals surface area contributed by atoms with Gasteiger partial charge in [0, 0.05) is 26.2 Å². The number of carbonyl (C=O) groups is 1. The molecule has 0 aliphatic heterocycles. The maximum atomic E-state index is 11.7. The summed E-state index contributed by atoms with van der Waals surface area (Å²) in [5, 5.41) is 2.94. The van der Waals surface area contributed by atoms with Gasteiger partial charge in [-0.15, -0.1) is 0 Å². The molecule has 3 N–H and O–H groups in total. The summed E-state index contributed by atoms with van der Waals surface area (Å²) in [4.78, 5) is 11.7. The molecule has 0 aromatic rings. The van der Waals surface area contributed by atoms with Crippen LogP contribution in [0.25, 0.3) is 0 Å². The van der Waals surface area contributed by atoms with Crippen molar-refractivity contribution in [2.75, 3.05) is 26.3 Å². The molecule has 0 radical (unpaired) electrons. The highest BCUT2D eigenvalue weighted by Crippen LogP contribution is 2.31. The van der Waals surface area contributed by atoms with E-state index in [-0.39, 0.29) is 11.3 Å². The van der Waals surface area contributed by atoms with Crippen LogP contribution in [0.3, 0.4) is 0 Å². The summed E-state index contributed by atoms with van der Waals surface area (Å²) in [6, 6.07) is 0. The molecular formula is C15H32N2O2. The van der Waals surface area contributed by atoms with Crippen molar-refractivity contribution in [1.29, 1.82) is 0 Å². The predicted molar refractivity (Wildman–Crippen MR) is 80.0 cm³/mol. The number of nitrogens with one attached hydrogen (secondary N) is 1. The van der Waals surface area contributed by atoms with E-state index in [1.165, 1.54) is 0 Å². The second-order valence-electron chi connectivity index (χ2n) is 6.08. The van der Waals surface area contributed by atoms with E-state index in [1.807, 2.05) is 6.92 Å². The lowest BCUT2D eigenvalue weighted by atomic mass is 9.76. The standard InChI is InChI=1S/C15H32N2O2/c1-5-19-12-6-11-17-14(18)8-7-13(9-10-16)15(2,3)4/h13H,5-12,16H2,1-4H3,(H,17,18). The Morgan fingerprint density at radius 3 is 2.53 bits per heavy atom. The SMILES string of the molecule is CCOCCCNC(=O)CCC(CCN)C(C)(C)C. The van der Waals surface area contributed by atoms with Crippen molar-refractivity contribution in [2.45, 2.75) is 53.4 Å². The smallest absolute Gasteiger partial charge is 0.220 e. The Morgan fingerprint density at radius 1 is 1.32 bits per heavy atom. The van der Waals surface area contributed by atoms with Gasteiger partial charge in [0.05, 0.1) is 0 Å². The molecule has 1 amide bonds. The maximum absolute atomic E-state index is 11.7. The average molecular weight is 272 g/mol. The van der Waals surface area contributed by atoms with E-state index in [0.717, 1.165) is 25.9 Å². The topological polar surface area (TPSA) is 64.3 Å². The number of carbonyl (C=O) groups excluding carboxylic acids is 1. The number of hydrogen-bond donors (Lipinski definition) is 2. The molecule has 0 saturated heterocycles. The van der Waals surface area contributed by atoms with Gasteiger partial charge in [0.2, 0.25) is 5.91 Å². The Bertz CT molecular complexity index is 237. The monoisotopic (exact) mass is 272 g/mol. The second-order valence-corrected chi connectivity index (χ2v) is 6.08. The average Bonchev–Trinajstić information content (AvgIpc) is 2.32. The van der Waals surface area contributed by atoms with Crippen LogP contribution < -0.4 is 11.1 Å². The van der Waals surface area contributed by atoms with Crippen LogP contribution >= 0.6 is 0 Å². The molecule has 4 heteroatoms. The molecule has 0 heterocycles. The van der Waals surface area contributed by atoms with Gasteiger partial charge in [0.25, 0.3) is 0 Å². The number of nitrogens with two attached hydrogens (primary N) is 1. The lowest BCUT2D eigenvalue weighted by Crippen LogP contribution is -2.28.